The maximum Gasteiger partial charge on any atom is 0.573 e. The first-order valence-electron chi connectivity index (χ1n) is 6.60. The van der Waals surface area contributed by atoms with Crippen molar-refractivity contribution < 1.29 is 32.7 Å². The van der Waals surface area contributed by atoms with Crippen LogP contribution >= 0.6 is 0 Å². The van der Waals surface area contributed by atoms with E-state index in [1.54, 1.807) is 0 Å². The van der Waals surface area contributed by atoms with Gasteiger partial charge in [-0.25, -0.2) is 0 Å². The molecule has 9 heteroatoms. The molecule has 6 nitrogen and oxygen atoms in total. The number of ether oxygens (including phenoxy) is 1. The summed E-state index contributed by atoms with van der Waals surface area (Å²) in [6, 6.07) is 4.56. The lowest BCUT2D eigenvalue weighted by molar-refractivity contribution is -0.482. The molecule has 1 aromatic carbocycles. The summed E-state index contributed by atoms with van der Waals surface area (Å²) in [4.78, 5) is 21.6. The third-order valence-electron chi connectivity index (χ3n) is 3.46. The molecule has 0 saturated heterocycles. The second kappa shape index (κ2) is 6.27. The van der Waals surface area contributed by atoms with Crippen LogP contribution in [0.1, 0.15) is 24.3 Å². The molecular formula is C14H12F3NO5. The van der Waals surface area contributed by atoms with Crippen molar-refractivity contribution in [3.8, 4) is 5.75 Å². The molecule has 1 aliphatic rings. The Hall–Kier alpha value is -2.58. The summed E-state index contributed by atoms with van der Waals surface area (Å²) >= 11 is 0. The molecule has 0 unspecified atom stereocenters. The Morgan fingerprint density at radius 2 is 1.87 bits per heavy atom. The molecule has 0 bridgehead atoms. The number of halogens is 3. The summed E-state index contributed by atoms with van der Waals surface area (Å²) in [5, 5.41) is 20.6. The number of nitrogens with zero attached hydrogens (tertiary/aromatic N) is 1. The van der Waals surface area contributed by atoms with Crippen LogP contribution in [0.4, 0.5) is 13.2 Å². The molecule has 1 N–H and O–H groups in total. The number of allylic oxidation sites excluding steroid dienone is 1. The zero-order chi connectivity index (χ0) is 17.2. The number of carbonyl (C=O) groups excluding carboxylic acids is 1. The lowest BCUT2D eigenvalue weighted by Crippen LogP contribution is -2.18. The van der Waals surface area contributed by atoms with Crippen LogP contribution in [0, 0.1) is 10.1 Å². The highest BCUT2D eigenvalue weighted by atomic mass is 19.4. The van der Waals surface area contributed by atoms with Gasteiger partial charge in [0.05, 0.1) is 5.92 Å². The van der Waals surface area contributed by atoms with Crippen LogP contribution in [0.15, 0.2) is 35.6 Å². The average Bonchev–Trinajstić information content (AvgIpc) is 2.76. The molecule has 0 spiro atoms. The number of benzene rings is 1. The quantitative estimate of drug-likeness (QED) is 0.661. The maximum atomic E-state index is 12.1. The van der Waals surface area contributed by atoms with Gasteiger partial charge in [-0.15, -0.1) is 13.2 Å². The summed E-state index contributed by atoms with van der Waals surface area (Å²) < 4.78 is 40.1. The highest BCUT2D eigenvalue weighted by Gasteiger charge is 2.33. The van der Waals surface area contributed by atoms with Crippen molar-refractivity contribution in [2.24, 2.45) is 0 Å². The molecule has 23 heavy (non-hydrogen) atoms. The zero-order valence-electron chi connectivity index (χ0n) is 11.7. The molecule has 0 aromatic heterocycles. The van der Waals surface area contributed by atoms with E-state index in [-0.39, 0.29) is 18.4 Å². The minimum absolute atomic E-state index is 0.0602. The third kappa shape index (κ3) is 4.21. The highest BCUT2D eigenvalue weighted by Crippen LogP contribution is 2.35. The van der Waals surface area contributed by atoms with Gasteiger partial charge >= 0.3 is 6.36 Å². The Kier molecular flexibility index (Phi) is 4.57. The van der Waals surface area contributed by atoms with Gasteiger partial charge in [0.1, 0.15) is 5.75 Å². The number of hydrogen-bond donors (Lipinski definition) is 1. The van der Waals surface area contributed by atoms with Crippen molar-refractivity contribution in [1.29, 1.82) is 0 Å². The van der Waals surface area contributed by atoms with E-state index in [2.05, 4.69) is 4.74 Å². The van der Waals surface area contributed by atoms with Gasteiger partial charge in [0.15, 0.2) is 11.5 Å². The van der Waals surface area contributed by atoms with Gasteiger partial charge in [0.2, 0.25) is 6.54 Å². The van der Waals surface area contributed by atoms with Gasteiger partial charge in [-0.05, 0) is 29.7 Å². The molecule has 0 heterocycles. The minimum atomic E-state index is -4.83. The van der Waals surface area contributed by atoms with Crippen molar-refractivity contribution in [2.75, 3.05) is 6.54 Å². The standard InChI is InChI=1S/C14H12F3NO5/c15-14(16,17)23-9-3-1-8(2-4-9)11(7-18(21)22)10-5-6-12(19)13(10)20/h1-4,11,20H,5-7H2/t11-/m1/s1. The number of alkyl halides is 3. The molecular weight excluding hydrogens is 319 g/mol. The molecule has 1 aliphatic carbocycles. The van der Waals surface area contributed by atoms with E-state index in [0.29, 0.717) is 5.56 Å². The highest BCUT2D eigenvalue weighted by molar-refractivity contribution is 5.96. The fourth-order valence-corrected chi connectivity index (χ4v) is 2.47. The first kappa shape index (κ1) is 16.8. The Balaban J connectivity index is 2.30. The topological polar surface area (TPSA) is 89.7 Å². The second-order valence-electron chi connectivity index (χ2n) is 4.98. The van der Waals surface area contributed by atoms with Crippen molar-refractivity contribution >= 4 is 5.78 Å². The normalized spacial score (nSPS) is 16.6. The molecule has 0 radical (unpaired) electrons. The van der Waals surface area contributed by atoms with Crippen molar-refractivity contribution in [3.05, 3.63) is 51.3 Å². The number of rotatable bonds is 5. The Labute approximate surface area is 128 Å². The first-order chi connectivity index (χ1) is 10.7. The first-order valence-corrected chi connectivity index (χ1v) is 6.60. The van der Waals surface area contributed by atoms with E-state index in [1.807, 2.05) is 0 Å². The van der Waals surface area contributed by atoms with Gasteiger partial charge < -0.3 is 9.84 Å². The zero-order valence-corrected chi connectivity index (χ0v) is 11.7. The van der Waals surface area contributed by atoms with Crippen LogP contribution in [0.5, 0.6) is 5.75 Å². The van der Waals surface area contributed by atoms with Crippen molar-refractivity contribution in [1.82, 2.24) is 0 Å². The van der Waals surface area contributed by atoms with Crippen LogP contribution in [0.3, 0.4) is 0 Å². The summed E-state index contributed by atoms with van der Waals surface area (Å²) in [6.45, 7) is -0.577. The monoisotopic (exact) mass is 331 g/mol. The molecule has 0 amide bonds. The predicted octanol–water partition coefficient (Wildman–Crippen LogP) is 3.12. The number of ketones is 1. The molecule has 2 rings (SSSR count). The number of hydrogen-bond acceptors (Lipinski definition) is 5. The number of Topliss-reactive ketones (excluding diaryl/α,β-unsaturated/α-hetero) is 1. The van der Waals surface area contributed by atoms with E-state index < -0.39 is 41.0 Å². The van der Waals surface area contributed by atoms with Gasteiger partial charge in [0, 0.05) is 11.3 Å². The molecule has 0 fully saturated rings. The third-order valence-corrected chi connectivity index (χ3v) is 3.46. The minimum Gasteiger partial charge on any atom is -0.504 e. The molecule has 0 aliphatic heterocycles. The van der Waals surface area contributed by atoms with Crippen molar-refractivity contribution in [2.45, 2.75) is 25.1 Å². The maximum absolute atomic E-state index is 12.1. The van der Waals surface area contributed by atoms with Crippen LogP contribution in [-0.4, -0.2) is 28.7 Å². The number of carbonyl (C=O) groups is 1. The largest absolute Gasteiger partial charge is 0.573 e. The smallest absolute Gasteiger partial charge is 0.504 e. The van der Waals surface area contributed by atoms with Crippen LogP contribution in [-0.2, 0) is 4.79 Å². The molecule has 1 aromatic rings. The Morgan fingerprint density at radius 3 is 2.30 bits per heavy atom. The summed E-state index contributed by atoms with van der Waals surface area (Å²) in [5.41, 5.74) is 0.559. The van der Waals surface area contributed by atoms with Gasteiger partial charge in [-0.2, -0.15) is 0 Å². The summed E-state index contributed by atoms with van der Waals surface area (Å²) in [7, 11) is 0. The lowest BCUT2D eigenvalue weighted by atomic mass is 9.90. The van der Waals surface area contributed by atoms with Crippen molar-refractivity contribution in [3.63, 3.8) is 0 Å². The predicted molar refractivity (Wildman–Crippen MR) is 71.6 cm³/mol. The second-order valence-corrected chi connectivity index (χ2v) is 4.98. The molecule has 124 valence electrons. The van der Waals surface area contributed by atoms with Gasteiger partial charge in [0.25, 0.3) is 0 Å². The van der Waals surface area contributed by atoms with E-state index >= 15 is 0 Å². The fraction of sp³-hybridized carbons (Fsp3) is 0.357. The fourth-order valence-electron chi connectivity index (χ4n) is 2.47. The molecule has 0 saturated carbocycles. The number of nitro groups is 1. The van der Waals surface area contributed by atoms with Crippen LogP contribution in [0.2, 0.25) is 0 Å². The van der Waals surface area contributed by atoms with Crippen LogP contribution < -0.4 is 4.74 Å². The number of aliphatic hydroxyl groups is 1. The molecule has 1 atom stereocenters. The van der Waals surface area contributed by atoms with E-state index in [4.69, 9.17) is 0 Å². The van der Waals surface area contributed by atoms with Crippen LogP contribution in [0.25, 0.3) is 0 Å². The average molecular weight is 331 g/mol. The summed E-state index contributed by atoms with van der Waals surface area (Å²) in [5.74, 6) is -2.32. The van der Waals surface area contributed by atoms with E-state index in [0.717, 1.165) is 12.1 Å². The van der Waals surface area contributed by atoms with Gasteiger partial charge in [-0.3, -0.25) is 14.9 Å². The summed E-state index contributed by atoms with van der Waals surface area (Å²) in [6.07, 6.45) is -4.59. The Bertz CT molecular complexity index is 651. The van der Waals surface area contributed by atoms with Gasteiger partial charge in [-0.1, -0.05) is 12.1 Å². The Morgan fingerprint density at radius 1 is 1.26 bits per heavy atom. The van der Waals surface area contributed by atoms with E-state index in [9.17, 15) is 33.2 Å². The SMILES string of the molecule is O=C1CCC([C@H](C[N+](=O)[O-])c2ccc(OC(F)(F)F)cc2)=C1O. The van der Waals surface area contributed by atoms with E-state index in [1.165, 1.54) is 12.1 Å². The lowest BCUT2D eigenvalue weighted by Gasteiger charge is -2.16. The number of aliphatic hydroxyl groups excluding tert-OH is 1.